The van der Waals surface area contributed by atoms with Gasteiger partial charge in [0.2, 0.25) is 0 Å². The van der Waals surface area contributed by atoms with E-state index in [1.54, 1.807) is 23.5 Å². The SMILES string of the molecule is O=C(C[NH+]1CCN(c2ccc(O)cc2)CC1)N[C@@H](c1ccccc1)c1cccs1. The number of rotatable bonds is 6. The smallest absolute Gasteiger partial charge is 0.275 e. The first kappa shape index (κ1) is 19.5. The molecule has 1 aliphatic heterocycles. The van der Waals surface area contributed by atoms with Crippen molar-refractivity contribution in [2.45, 2.75) is 6.04 Å². The minimum absolute atomic E-state index is 0.0836. The lowest BCUT2D eigenvalue weighted by Gasteiger charge is -2.33. The number of aromatic hydroxyl groups is 1. The van der Waals surface area contributed by atoms with E-state index in [1.807, 2.05) is 41.8 Å². The Balaban J connectivity index is 1.34. The Morgan fingerprint density at radius 3 is 2.41 bits per heavy atom. The predicted molar refractivity (Wildman–Crippen MR) is 117 cm³/mol. The number of piperazine rings is 1. The highest BCUT2D eigenvalue weighted by molar-refractivity contribution is 7.10. The van der Waals surface area contributed by atoms with Crippen LogP contribution < -0.4 is 15.1 Å². The molecule has 6 heteroatoms. The van der Waals surface area contributed by atoms with Gasteiger partial charge in [0, 0.05) is 10.6 Å². The Labute approximate surface area is 175 Å². The third kappa shape index (κ3) is 4.96. The van der Waals surface area contributed by atoms with E-state index in [0.29, 0.717) is 6.54 Å². The van der Waals surface area contributed by atoms with E-state index in [1.165, 1.54) is 4.90 Å². The first-order valence-corrected chi connectivity index (χ1v) is 10.8. The van der Waals surface area contributed by atoms with Crippen molar-refractivity contribution in [2.75, 3.05) is 37.6 Å². The number of nitrogens with zero attached hydrogens (tertiary/aromatic N) is 1. The van der Waals surface area contributed by atoms with Gasteiger partial charge in [-0.2, -0.15) is 0 Å². The summed E-state index contributed by atoms with van der Waals surface area (Å²) in [4.78, 5) is 17.6. The van der Waals surface area contributed by atoms with Crippen LogP contribution in [0, 0.1) is 0 Å². The number of carbonyl (C=O) groups excluding carboxylic acids is 1. The highest BCUT2D eigenvalue weighted by atomic mass is 32.1. The summed E-state index contributed by atoms with van der Waals surface area (Å²) in [7, 11) is 0. The molecule has 3 aromatic rings. The van der Waals surface area contributed by atoms with Crippen molar-refractivity contribution in [1.82, 2.24) is 5.32 Å². The van der Waals surface area contributed by atoms with Gasteiger partial charge in [-0.1, -0.05) is 36.4 Å². The molecule has 0 radical (unpaired) electrons. The Kier molecular flexibility index (Phi) is 6.12. The van der Waals surface area contributed by atoms with Gasteiger partial charge in [0.25, 0.3) is 5.91 Å². The van der Waals surface area contributed by atoms with Crippen LogP contribution in [-0.2, 0) is 4.79 Å². The predicted octanol–water partition coefficient (Wildman–Crippen LogP) is 2.06. The molecule has 5 nitrogen and oxygen atoms in total. The van der Waals surface area contributed by atoms with E-state index < -0.39 is 0 Å². The molecule has 150 valence electrons. The third-order valence-corrected chi connectivity index (χ3v) is 6.30. The van der Waals surface area contributed by atoms with Gasteiger partial charge in [-0.15, -0.1) is 11.3 Å². The number of phenolic OH excluding ortho intramolecular Hbond substituents is 1. The number of carbonyl (C=O) groups is 1. The average molecular weight is 409 g/mol. The number of hydrogen-bond acceptors (Lipinski definition) is 4. The second kappa shape index (κ2) is 9.11. The second-order valence-electron chi connectivity index (χ2n) is 7.36. The number of benzene rings is 2. The Bertz CT molecular complexity index is 905. The molecule has 0 bridgehead atoms. The fourth-order valence-electron chi connectivity index (χ4n) is 3.78. The van der Waals surface area contributed by atoms with Crippen LogP contribution in [0.2, 0.25) is 0 Å². The topological polar surface area (TPSA) is 57.0 Å². The van der Waals surface area contributed by atoms with Crippen LogP contribution in [0.15, 0.2) is 72.1 Å². The van der Waals surface area contributed by atoms with Crippen molar-refractivity contribution in [3.05, 3.63) is 82.6 Å². The lowest BCUT2D eigenvalue weighted by atomic mass is 10.1. The normalized spacial score (nSPS) is 15.8. The lowest BCUT2D eigenvalue weighted by Crippen LogP contribution is -3.16. The fourth-order valence-corrected chi connectivity index (χ4v) is 4.58. The van der Waals surface area contributed by atoms with E-state index in [0.717, 1.165) is 42.3 Å². The first-order valence-electron chi connectivity index (χ1n) is 9.94. The number of anilines is 1. The lowest BCUT2D eigenvalue weighted by molar-refractivity contribution is -0.892. The summed E-state index contributed by atoms with van der Waals surface area (Å²) in [5.41, 5.74) is 2.23. The molecule has 2 aromatic carbocycles. The van der Waals surface area contributed by atoms with Gasteiger partial charge in [0.1, 0.15) is 5.75 Å². The van der Waals surface area contributed by atoms with E-state index in [9.17, 15) is 9.90 Å². The molecule has 0 spiro atoms. The molecule has 1 saturated heterocycles. The second-order valence-corrected chi connectivity index (χ2v) is 8.34. The molecular weight excluding hydrogens is 382 g/mol. The van der Waals surface area contributed by atoms with Crippen LogP contribution in [0.25, 0.3) is 0 Å². The molecule has 0 unspecified atom stereocenters. The van der Waals surface area contributed by atoms with Crippen molar-refractivity contribution in [1.29, 1.82) is 0 Å². The summed E-state index contributed by atoms with van der Waals surface area (Å²) in [6, 6.07) is 21.5. The van der Waals surface area contributed by atoms with Gasteiger partial charge < -0.3 is 20.2 Å². The van der Waals surface area contributed by atoms with Gasteiger partial charge in [-0.25, -0.2) is 0 Å². The summed E-state index contributed by atoms with van der Waals surface area (Å²) < 4.78 is 0. The zero-order chi connectivity index (χ0) is 20.1. The zero-order valence-electron chi connectivity index (χ0n) is 16.3. The number of quaternary nitrogens is 1. The molecular formula is C23H26N3O2S+. The van der Waals surface area contributed by atoms with Crippen molar-refractivity contribution in [2.24, 2.45) is 0 Å². The number of thiophene rings is 1. The van der Waals surface area contributed by atoms with Crippen LogP contribution in [0.4, 0.5) is 5.69 Å². The first-order chi connectivity index (χ1) is 14.2. The molecule has 1 atom stereocenters. The van der Waals surface area contributed by atoms with E-state index in [2.05, 4.69) is 28.4 Å². The monoisotopic (exact) mass is 408 g/mol. The minimum Gasteiger partial charge on any atom is -0.508 e. The van der Waals surface area contributed by atoms with Gasteiger partial charge in [0.05, 0.1) is 32.2 Å². The Morgan fingerprint density at radius 1 is 1.03 bits per heavy atom. The highest BCUT2D eigenvalue weighted by Crippen LogP contribution is 2.25. The van der Waals surface area contributed by atoms with E-state index in [-0.39, 0.29) is 17.7 Å². The quantitative estimate of drug-likeness (QED) is 0.585. The zero-order valence-corrected chi connectivity index (χ0v) is 17.1. The van der Waals surface area contributed by atoms with E-state index in [4.69, 9.17) is 0 Å². The Morgan fingerprint density at radius 2 is 1.76 bits per heavy atom. The molecule has 1 fully saturated rings. The fraction of sp³-hybridized carbons (Fsp3) is 0.261. The van der Waals surface area contributed by atoms with Crippen LogP contribution in [0.1, 0.15) is 16.5 Å². The number of phenols is 1. The van der Waals surface area contributed by atoms with Crippen LogP contribution in [-0.4, -0.2) is 43.7 Å². The van der Waals surface area contributed by atoms with E-state index >= 15 is 0 Å². The number of nitrogens with one attached hydrogen (secondary N) is 2. The van der Waals surface area contributed by atoms with Crippen LogP contribution >= 0.6 is 11.3 Å². The average Bonchev–Trinajstić information content (AvgIpc) is 3.28. The summed E-state index contributed by atoms with van der Waals surface area (Å²) >= 11 is 1.67. The molecule has 1 aromatic heterocycles. The maximum atomic E-state index is 12.8. The van der Waals surface area contributed by atoms with Crippen molar-refractivity contribution >= 4 is 22.9 Å². The molecule has 0 saturated carbocycles. The van der Waals surface area contributed by atoms with Crippen LogP contribution in [0.3, 0.4) is 0 Å². The van der Waals surface area contributed by atoms with Gasteiger partial charge >= 0.3 is 0 Å². The Hall–Kier alpha value is -2.83. The largest absolute Gasteiger partial charge is 0.508 e. The molecule has 1 aliphatic rings. The maximum Gasteiger partial charge on any atom is 0.275 e. The maximum absolute atomic E-state index is 12.8. The van der Waals surface area contributed by atoms with Crippen molar-refractivity contribution in [3.63, 3.8) is 0 Å². The van der Waals surface area contributed by atoms with Crippen LogP contribution in [0.5, 0.6) is 5.75 Å². The molecule has 0 aliphatic carbocycles. The van der Waals surface area contributed by atoms with Crippen molar-refractivity contribution < 1.29 is 14.8 Å². The number of hydrogen-bond donors (Lipinski definition) is 3. The van der Waals surface area contributed by atoms with Gasteiger partial charge in [-0.05, 0) is 41.3 Å². The molecule has 2 heterocycles. The standard InChI is InChI=1S/C23H25N3O2S/c27-20-10-8-19(9-11-20)26-14-12-25(13-15-26)17-22(28)24-23(21-7-4-16-29-21)18-5-2-1-3-6-18/h1-11,16,23,27H,12-15,17H2,(H,24,28)/p+1/t23-/m0/s1. The molecule has 1 amide bonds. The van der Waals surface area contributed by atoms with Gasteiger partial charge in [0.15, 0.2) is 6.54 Å². The molecule has 4 rings (SSSR count). The summed E-state index contributed by atoms with van der Waals surface area (Å²) in [6.45, 7) is 4.13. The summed E-state index contributed by atoms with van der Waals surface area (Å²) in [5, 5.41) is 14.7. The molecule has 3 N–H and O–H groups in total. The highest BCUT2D eigenvalue weighted by Gasteiger charge is 2.24. The third-order valence-electron chi connectivity index (χ3n) is 5.36. The van der Waals surface area contributed by atoms with Crippen molar-refractivity contribution in [3.8, 4) is 5.75 Å². The summed E-state index contributed by atoms with van der Waals surface area (Å²) in [6.07, 6.45) is 0. The van der Waals surface area contributed by atoms with Gasteiger partial charge in [-0.3, -0.25) is 4.79 Å². The minimum atomic E-state index is -0.0959. The number of amides is 1. The summed E-state index contributed by atoms with van der Waals surface area (Å²) in [5.74, 6) is 0.369. The molecule has 29 heavy (non-hydrogen) atoms.